The van der Waals surface area contributed by atoms with Crippen LogP contribution in [0, 0.1) is 18.8 Å². The van der Waals surface area contributed by atoms with Crippen molar-refractivity contribution in [2.75, 3.05) is 9.80 Å². The van der Waals surface area contributed by atoms with E-state index in [1.54, 1.807) is 11.1 Å². The topological polar surface area (TPSA) is 19.6 Å². The zero-order valence-electron chi connectivity index (χ0n) is 41.8. The van der Waals surface area contributed by atoms with Crippen molar-refractivity contribution >= 4 is 68.4 Å². The highest BCUT2D eigenvalue weighted by Crippen LogP contribution is 2.66. The summed E-state index contributed by atoms with van der Waals surface area (Å²) >= 11 is 0. The van der Waals surface area contributed by atoms with Gasteiger partial charge in [0.25, 0.3) is 6.71 Å². The molecule has 3 saturated carbocycles. The molecule has 3 fully saturated rings. The molecule has 6 aromatic carbocycles. The first-order valence-electron chi connectivity index (χ1n) is 26.5. The molecule has 0 N–H and O–H groups in total. The molecule has 0 radical (unpaired) electrons. The highest BCUT2D eigenvalue weighted by molar-refractivity contribution is 7.00. The molecule has 0 amide bonds. The fraction of sp³-hybridized carbons (Fsp3) is 0.406. The lowest BCUT2D eigenvalue weighted by Crippen LogP contribution is -2.61. The monoisotopic (exact) mass is 891 g/mol. The van der Waals surface area contributed by atoms with Crippen molar-refractivity contribution in [2.45, 2.75) is 154 Å². The van der Waals surface area contributed by atoms with Gasteiger partial charge in [-0.25, -0.2) is 0 Å². The van der Waals surface area contributed by atoms with Gasteiger partial charge in [0.15, 0.2) is 0 Å². The van der Waals surface area contributed by atoms with Crippen molar-refractivity contribution in [3.8, 4) is 11.1 Å². The number of anilines is 6. The van der Waals surface area contributed by atoms with Gasteiger partial charge in [0, 0.05) is 39.2 Å². The molecule has 342 valence electrons. The van der Waals surface area contributed by atoms with Crippen LogP contribution >= 0.6 is 0 Å². The van der Waals surface area contributed by atoms with Crippen LogP contribution in [-0.4, -0.2) is 6.71 Å². The van der Waals surface area contributed by atoms with E-state index in [0.29, 0.717) is 11.8 Å². The molecule has 3 unspecified atom stereocenters. The van der Waals surface area contributed by atoms with Gasteiger partial charge in [0.2, 0.25) is 0 Å². The molecule has 1 aromatic heterocycles. The molecule has 1 spiro atoms. The normalized spacial score (nSPS) is 23.7. The van der Waals surface area contributed by atoms with Crippen molar-refractivity contribution in [1.29, 1.82) is 0 Å². The average molecular weight is 891 g/mol. The molecule has 7 aromatic rings. The maximum atomic E-state index is 7.52. The summed E-state index contributed by atoms with van der Waals surface area (Å²) in [4.78, 5) is 5.33. The van der Waals surface area contributed by atoms with Gasteiger partial charge in [-0.1, -0.05) is 129 Å². The standard InChI is InChI=1S/C64H67BN2O/c1-38-30-55-58-56(31-38)67(45-25-26-47-46-16-12-13-17-49(46)64(50(47)34-45)37-39-18-21-43(64)32-39)59-48-33-42(61(2,3)4)22-27-57(48)68-60(59)65(58)53-35-51-52(63(7,8)29-28-62(51,5)6)36-54(53)66(55)44-23-19-41(20-24-44)40-14-10-9-11-15-40/h12-13,16-17,19-20,22-27,30-31,33-36,39-40,43H,9-11,14-15,18,21,28-29,32,37H2,1-8H3. The summed E-state index contributed by atoms with van der Waals surface area (Å²) in [6, 6.07) is 44.2. The van der Waals surface area contributed by atoms with Crippen LogP contribution in [0.4, 0.5) is 34.1 Å². The first-order chi connectivity index (χ1) is 32.7. The highest BCUT2D eigenvalue weighted by Gasteiger charge is 2.57. The Balaban J connectivity index is 1.05. The predicted molar refractivity (Wildman–Crippen MR) is 286 cm³/mol. The van der Waals surface area contributed by atoms with Gasteiger partial charge in [0.05, 0.1) is 11.3 Å². The first-order valence-corrected chi connectivity index (χ1v) is 26.5. The molecular weight excluding hydrogens is 824 g/mol. The van der Waals surface area contributed by atoms with Gasteiger partial charge in [-0.3, -0.25) is 0 Å². The smallest absolute Gasteiger partial charge is 0.297 e. The van der Waals surface area contributed by atoms with Crippen molar-refractivity contribution in [3.05, 3.63) is 148 Å². The number of aryl methyl sites for hydroxylation is 1. The molecule has 3 heterocycles. The molecule has 68 heavy (non-hydrogen) atoms. The predicted octanol–water partition coefficient (Wildman–Crippen LogP) is 15.6. The number of fused-ring (bicyclic) bond motifs is 15. The van der Waals surface area contributed by atoms with Crippen LogP contribution in [0.3, 0.4) is 0 Å². The van der Waals surface area contributed by atoms with E-state index in [1.165, 1.54) is 160 Å². The van der Waals surface area contributed by atoms with Crippen LogP contribution in [0.15, 0.2) is 114 Å². The van der Waals surface area contributed by atoms with Gasteiger partial charge in [0.1, 0.15) is 5.58 Å². The number of furan rings is 1. The molecule has 7 aliphatic rings. The molecule has 4 heteroatoms. The van der Waals surface area contributed by atoms with Crippen LogP contribution in [0.1, 0.15) is 164 Å². The Morgan fingerprint density at radius 3 is 2.06 bits per heavy atom. The van der Waals surface area contributed by atoms with Crippen LogP contribution in [0.25, 0.3) is 22.1 Å². The van der Waals surface area contributed by atoms with Crippen LogP contribution in [-0.2, 0) is 21.7 Å². The lowest BCUT2D eigenvalue weighted by Gasteiger charge is -2.46. The zero-order valence-corrected chi connectivity index (χ0v) is 41.8. The molecule has 14 rings (SSSR count). The van der Waals surface area contributed by atoms with Gasteiger partial charge in [-0.05, 0) is 201 Å². The van der Waals surface area contributed by atoms with E-state index in [1.807, 2.05) is 0 Å². The average Bonchev–Trinajstić information content (AvgIpc) is 4.11. The summed E-state index contributed by atoms with van der Waals surface area (Å²) in [6.07, 6.45) is 14.4. The number of hydrogen-bond acceptors (Lipinski definition) is 3. The summed E-state index contributed by atoms with van der Waals surface area (Å²) in [5, 5.41) is 1.21. The Morgan fingerprint density at radius 2 is 1.34 bits per heavy atom. The SMILES string of the molecule is Cc1cc2c3c(c1)N(c1ccc4c(c1)C1(CC5CCC1C5)c1ccccc1-4)c1c(oc4ccc(C(C)(C)C)cc14)B3c1cc3c(cc1N2c1ccc(C2CCCCC2)cc1)C(C)(C)CCC3(C)C. The lowest BCUT2D eigenvalue weighted by atomic mass is 9.35. The number of hydrogen-bond donors (Lipinski definition) is 0. The molecule has 2 aliphatic heterocycles. The van der Waals surface area contributed by atoms with E-state index in [2.05, 4.69) is 174 Å². The summed E-state index contributed by atoms with van der Waals surface area (Å²) < 4.78 is 7.52. The molecule has 3 atom stereocenters. The van der Waals surface area contributed by atoms with Gasteiger partial charge >= 0.3 is 0 Å². The molecular formula is C64H67BN2O. The maximum Gasteiger partial charge on any atom is 0.297 e. The fourth-order valence-corrected chi connectivity index (χ4v) is 15.5. The van der Waals surface area contributed by atoms with E-state index in [-0.39, 0.29) is 28.4 Å². The summed E-state index contributed by atoms with van der Waals surface area (Å²) in [6.45, 7) is 19.2. The van der Waals surface area contributed by atoms with Crippen LogP contribution in [0.5, 0.6) is 0 Å². The van der Waals surface area contributed by atoms with E-state index in [4.69, 9.17) is 4.42 Å². The number of rotatable bonds is 3. The third-order valence-corrected chi connectivity index (χ3v) is 19.2. The van der Waals surface area contributed by atoms with Crippen molar-refractivity contribution in [3.63, 3.8) is 0 Å². The van der Waals surface area contributed by atoms with Gasteiger partial charge < -0.3 is 14.2 Å². The molecule has 3 nitrogen and oxygen atoms in total. The van der Waals surface area contributed by atoms with Crippen molar-refractivity contribution < 1.29 is 4.42 Å². The second-order valence-electron chi connectivity index (χ2n) is 25.1. The molecule has 2 bridgehead atoms. The minimum Gasteiger partial charge on any atom is -0.468 e. The third kappa shape index (κ3) is 5.67. The Hall–Kier alpha value is -5.48. The third-order valence-electron chi connectivity index (χ3n) is 19.2. The fourth-order valence-electron chi connectivity index (χ4n) is 15.5. The summed E-state index contributed by atoms with van der Waals surface area (Å²) in [7, 11) is 0. The highest BCUT2D eigenvalue weighted by atomic mass is 16.3. The Bertz CT molecular complexity index is 3260. The van der Waals surface area contributed by atoms with Crippen molar-refractivity contribution in [1.82, 2.24) is 0 Å². The summed E-state index contributed by atoms with van der Waals surface area (Å²) in [5.41, 5.74) is 25.7. The zero-order chi connectivity index (χ0) is 46.2. The summed E-state index contributed by atoms with van der Waals surface area (Å²) in [5.74, 6) is 2.17. The number of benzene rings is 6. The van der Waals surface area contributed by atoms with Gasteiger partial charge in [-0.15, -0.1) is 0 Å². The van der Waals surface area contributed by atoms with Crippen LogP contribution in [0.2, 0.25) is 0 Å². The number of nitrogens with zero attached hydrogens (tertiary/aromatic N) is 2. The molecule has 0 saturated heterocycles. The largest absolute Gasteiger partial charge is 0.468 e. The Labute approximate surface area is 405 Å². The minimum atomic E-state index is -0.0770. The first kappa shape index (κ1) is 41.5. The van der Waals surface area contributed by atoms with E-state index in [9.17, 15) is 0 Å². The quantitative estimate of drug-likeness (QED) is 0.165. The van der Waals surface area contributed by atoms with Crippen molar-refractivity contribution in [2.24, 2.45) is 11.8 Å². The second kappa shape index (κ2) is 14.1. The van der Waals surface area contributed by atoms with Gasteiger partial charge in [-0.2, -0.15) is 0 Å². The Kier molecular flexibility index (Phi) is 8.59. The lowest BCUT2D eigenvalue weighted by molar-refractivity contribution is 0.327. The van der Waals surface area contributed by atoms with E-state index in [0.717, 1.165) is 17.2 Å². The Morgan fingerprint density at radius 1 is 0.632 bits per heavy atom. The maximum absolute atomic E-state index is 7.52. The van der Waals surface area contributed by atoms with Crippen LogP contribution < -0.4 is 26.4 Å². The second-order valence-corrected chi connectivity index (χ2v) is 25.1. The molecule has 5 aliphatic carbocycles. The van der Waals surface area contributed by atoms with E-state index < -0.39 is 0 Å². The van der Waals surface area contributed by atoms with E-state index >= 15 is 0 Å². The minimum absolute atomic E-state index is 0.0189.